The van der Waals surface area contributed by atoms with Crippen LogP contribution in [-0.2, 0) is 10.0 Å². The summed E-state index contributed by atoms with van der Waals surface area (Å²) in [5, 5.41) is -0.162. The Bertz CT molecular complexity index is 608. The van der Waals surface area contributed by atoms with Crippen molar-refractivity contribution in [3.63, 3.8) is 0 Å². The van der Waals surface area contributed by atoms with Gasteiger partial charge in [-0.2, -0.15) is 0 Å². The fraction of sp³-hybridized carbons (Fsp3) is 0.714. The van der Waals surface area contributed by atoms with Crippen molar-refractivity contribution in [2.75, 3.05) is 18.0 Å². The minimum absolute atomic E-state index is 0.0335. The van der Waals surface area contributed by atoms with Gasteiger partial charge in [0.15, 0.2) is 0 Å². The Labute approximate surface area is 126 Å². The summed E-state index contributed by atoms with van der Waals surface area (Å²) in [5.41, 5.74) is 1.89. The van der Waals surface area contributed by atoms with Crippen LogP contribution in [0.3, 0.4) is 0 Å². The van der Waals surface area contributed by atoms with E-state index in [2.05, 4.69) is 19.6 Å². The van der Waals surface area contributed by atoms with Crippen LogP contribution >= 0.6 is 0 Å². The van der Waals surface area contributed by atoms with E-state index in [9.17, 15) is 8.42 Å². The summed E-state index contributed by atoms with van der Waals surface area (Å²) >= 11 is 0. The molecule has 0 aromatic carbocycles. The zero-order valence-corrected chi connectivity index (χ0v) is 13.4. The molecule has 1 unspecified atom stereocenters. The molecule has 1 N–H and O–H groups in total. The van der Waals surface area contributed by atoms with Crippen molar-refractivity contribution < 1.29 is 8.42 Å². The highest BCUT2D eigenvalue weighted by Crippen LogP contribution is 2.28. The summed E-state index contributed by atoms with van der Waals surface area (Å²) in [7, 11) is -3.13. The van der Waals surface area contributed by atoms with Gasteiger partial charge in [-0.05, 0) is 45.6 Å². The molecule has 116 valence electrons. The fourth-order valence-corrected chi connectivity index (χ4v) is 4.42. The first kappa shape index (κ1) is 14.7. The van der Waals surface area contributed by atoms with Gasteiger partial charge in [0.05, 0.1) is 5.25 Å². The molecule has 6 nitrogen and oxygen atoms in total. The molecule has 1 saturated heterocycles. The molecule has 1 aliphatic heterocycles. The predicted molar refractivity (Wildman–Crippen MR) is 81.8 cm³/mol. The van der Waals surface area contributed by atoms with Gasteiger partial charge in [0.2, 0.25) is 16.0 Å². The van der Waals surface area contributed by atoms with Gasteiger partial charge in [0.25, 0.3) is 0 Å². The van der Waals surface area contributed by atoms with Crippen LogP contribution in [0.4, 0.5) is 5.95 Å². The number of hydrogen-bond acceptors (Lipinski definition) is 5. The topological polar surface area (TPSA) is 75.2 Å². The maximum Gasteiger partial charge on any atom is 0.225 e. The average Bonchev–Trinajstić information content (AvgIpc) is 3.22. The maximum atomic E-state index is 12.1. The Hall–Kier alpha value is -1.21. The Morgan fingerprint density at radius 3 is 2.48 bits per heavy atom. The number of anilines is 1. The summed E-state index contributed by atoms with van der Waals surface area (Å²) in [5.74, 6) is 0.711. The van der Waals surface area contributed by atoms with E-state index in [1.54, 1.807) is 0 Å². The molecule has 1 aromatic heterocycles. The molecule has 0 spiro atoms. The molecule has 2 fully saturated rings. The van der Waals surface area contributed by atoms with E-state index in [1.807, 2.05) is 19.9 Å². The zero-order valence-electron chi connectivity index (χ0n) is 12.5. The minimum atomic E-state index is -3.13. The van der Waals surface area contributed by atoms with E-state index in [4.69, 9.17) is 0 Å². The molecule has 21 heavy (non-hydrogen) atoms. The van der Waals surface area contributed by atoms with Crippen LogP contribution in [-0.4, -0.2) is 42.8 Å². The minimum Gasteiger partial charge on any atom is -0.339 e. The van der Waals surface area contributed by atoms with Crippen LogP contribution in [0.1, 0.15) is 37.1 Å². The number of piperidine rings is 1. The number of sulfonamides is 1. The SMILES string of the molecule is Cc1cc(C)nc(N2CCCC(NS(=O)(=O)C3CC3)C2)n1. The number of hydrogen-bond donors (Lipinski definition) is 1. The molecule has 7 heteroatoms. The normalized spacial score (nSPS) is 23.3. The van der Waals surface area contributed by atoms with E-state index in [0.29, 0.717) is 12.5 Å². The van der Waals surface area contributed by atoms with Crippen LogP contribution in [0.15, 0.2) is 6.07 Å². The zero-order chi connectivity index (χ0) is 15.0. The smallest absolute Gasteiger partial charge is 0.225 e. The highest BCUT2D eigenvalue weighted by molar-refractivity contribution is 7.90. The molecule has 3 rings (SSSR count). The van der Waals surface area contributed by atoms with E-state index >= 15 is 0 Å². The second-order valence-corrected chi connectivity index (χ2v) is 8.09. The molecular formula is C14H22N4O2S. The Kier molecular flexibility index (Phi) is 3.88. The lowest BCUT2D eigenvalue weighted by Crippen LogP contribution is -2.49. The van der Waals surface area contributed by atoms with Crippen LogP contribution in [0.25, 0.3) is 0 Å². The summed E-state index contributed by atoms with van der Waals surface area (Å²) in [6.07, 6.45) is 3.43. The summed E-state index contributed by atoms with van der Waals surface area (Å²) in [4.78, 5) is 11.0. The van der Waals surface area contributed by atoms with Gasteiger partial charge in [-0.1, -0.05) is 0 Å². The Morgan fingerprint density at radius 2 is 1.86 bits per heavy atom. The number of aryl methyl sites for hydroxylation is 2. The van der Waals surface area contributed by atoms with Crippen LogP contribution in [0.2, 0.25) is 0 Å². The summed E-state index contributed by atoms with van der Waals surface area (Å²) < 4.78 is 27.0. The molecule has 1 aliphatic carbocycles. The van der Waals surface area contributed by atoms with Crippen molar-refractivity contribution in [2.45, 2.75) is 50.8 Å². The first-order valence-corrected chi connectivity index (χ1v) is 9.07. The van der Waals surface area contributed by atoms with E-state index < -0.39 is 10.0 Å². The number of aromatic nitrogens is 2. The second kappa shape index (κ2) is 5.53. The fourth-order valence-electron chi connectivity index (χ4n) is 2.81. The quantitative estimate of drug-likeness (QED) is 0.903. The van der Waals surface area contributed by atoms with Crippen molar-refractivity contribution in [1.29, 1.82) is 0 Å². The molecule has 1 saturated carbocycles. The number of nitrogens with zero attached hydrogens (tertiary/aromatic N) is 3. The van der Waals surface area contributed by atoms with E-state index in [-0.39, 0.29) is 11.3 Å². The van der Waals surface area contributed by atoms with Crippen molar-refractivity contribution in [2.24, 2.45) is 0 Å². The highest BCUT2D eigenvalue weighted by Gasteiger charge is 2.37. The van der Waals surface area contributed by atoms with Gasteiger partial charge in [-0.25, -0.2) is 23.1 Å². The Balaban J connectivity index is 1.70. The van der Waals surface area contributed by atoms with Crippen LogP contribution in [0, 0.1) is 13.8 Å². The molecule has 0 amide bonds. The van der Waals surface area contributed by atoms with Crippen LogP contribution < -0.4 is 9.62 Å². The molecule has 1 aromatic rings. The first-order valence-electron chi connectivity index (χ1n) is 7.52. The third kappa shape index (κ3) is 3.52. The van der Waals surface area contributed by atoms with Gasteiger partial charge >= 0.3 is 0 Å². The van der Waals surface area contributed by atoms with Crippen molar-refractivity contribution in [1.82, 2.24) is 14.7 Å². The average molecular weight is 310 g/mol. The summed E-state index contributed by atoms with van der Waals surface area (Å²) in [6, 6.07) is 1.91. The van der Waals surface area contributed by atoms with Crippen molar-refractivity contribution in [3.05, 3.63) is 17.5 Å². The van der Waals surface area contributed by atoms with Gasteiger partial charge < -0.3 is 4.90 Å². The standard InChI is InChI=1S/C14H22N4O2S/c1-10-8-11(2)16-14(15-10)18-7-3-4-12(9-18)17-21(19,20)13-5-6-13/h8,12-13,17H,3-7,9H2,1-2H3. The predicted octanol–water partition coefficient (Wildman–Crippen LogP) is 1.14. The molecule has 0 bridgehead atoms. The third-order valence-electron chi connectivity index (χ3n) is 3.97. The van der Waals surface area contributed by atoms with Crippen molar-refractivity contribution >= 4 is 16.0 Å². The molecule has 2 heterocycles. The van der Waals surface area contributed by atoms with E-state index in [1.165, 1.54) is 0 Å². The second-order valence-electron chi connectivity index (χ2n) is 6.10. The molecule has 1 atom stereocenters. The molecule has 2 aliphatic rings. The van der Waals surface area contributed by atoms with Gasteiger partial charge in [-0.3, -0.25) is 0 Å². The Morgan fingerprint density at radius 1 is 1.19 bits per heavy atom. The lowest BCUT2D eigenvalue weighted by molar-refractivity contribution is 0.461. The van der Waals surface area contributed by atoms with Gasteiger partial charge in [0, 0.05) is 30.5 Å². The van der Waals surface area contributed by atoms with Crippen molar-refractivity contribution in [3.8, 4) is 0 Å². The highest BCUT2D eigenvalue weighted by atomic mass is 32.2. The molecule has 0 radical (unpaired) electrons. The number of nitrogens with one attached hydrogen (secondary N) is 1. The number of rotatable bonds is 4. The van der Waals surface area contributed by atoms with Crippen LogP contribution in [0.5, 0.6) is 0 Å². The molecular weight excluding hydrogens is 288 g/mol. The summed E-state index contributed by atoms with van der Waals surface area (Å²) in [6.45, 7) is 5.43. The van der Waals surface area contributed by atoms with Gasteiger partial charge in [-0.15, -0.1) is 0 Å². The monoisotopic (exact) mass is 310 g/mol. The van der Waals surface area contributed by atoms with E-state index in [0.717, 1.165) is 43.6 Å². The third-order valence-corrected chi connectivity index (χ3v) is 5.98. The lowest BCUT2D eigenvalue weighted by Gasteiger charge is -2.33. The maximum absolute atomic E-state index is 12.1. The lowest BCUT2D eigenvalue weighted by atomic mass is 10.1. The van der Waals surface area contributed by atoms with Gasteiger partial charge in [0.1, 0.15) is 0 Å². The first-order chi connectivity index (χ1) is 9.94. The largest absolute Gasteiger partial charge is 0.339 e.